The Morgan fingerprint density at radius 1 is 0.406 bits per heavy atom. The average molecular weight is 973 g/mol. The zero-order valence-corrected chi connectivity index (χ0v) is 46.6. The third kappa shape index (κ3) is 55.5. The van der Waals surface area contributed by atoms with Crippen molar-refractivity contribution in [3.8, 4) is 0 Å². The molecule has 0 aromatic rings. The SMILES string of the molecule is CCC/C=C\C/C=C\CCCCCCCC(=O)OCCCCCCCCCCCCCCCCCCCCCCC(=O)NC(CO)C(O)CCCCCCCCCCCCCCCCCCCCC. The van der Waals surface area contributed by atoms with Crippen molar-refractivity contribution in [1.82, 2.24) is 5.32 Å². The first-order chi connectivity index (χ1) is 34.0. The highest BCUT2D eigenvalue weighted by Gasteiger charge is 2.20. The molecule has 0 bridgehead atoms. The second kappa shape index (κ2) is 58.9. The summed E-state index contributed by atoms with van der Waals surface area (Å²) in [6, 6.07) is -0.543. The third-order valence-electron chi connectivity index (χ3n) is 14.5. The molecule has 69 heavy (non-hydrogen) atoms. The number of ether oxygens (including phenoxy) is 1. The van der Waals surface area contributed by atoms with Gasteiger partial charge in [0.1, 0.15) is 0 Å². The maximum atomic E-state index is 12.5. The van der Waals surface area contributed by atoms with Crippen molar-refractivity contribution in [3.05, 3.63) is 24.3 Å². The van der Waals surface area contributed by atoms with Crippen molar-refractivity contribution in [2.45, 2.75) is 353 Å². The predicted octanol–water partition coefficient (Wildman–Crippen LogP) is 19.4. The first-order valence-corrected chi connectivity index (χ1v) is 31.1. The third-order valence-corrected chi connectivity index (χ3v) is 14.5. The Kier molecular flexibility index (Phi) is 57.5. The normalized spacial score (nSPS) is 12.7. The van der Waals surface area contributed by atoms with Crippen molar-refractivity contribution in [2.24, 2.45) is 0 Å². The highest BCUT2D eigenvalue weighted by atomic mass is 16.5. The van der Waals surface area contributed by atoms with E-state index in [0.29, 0.717) is 25.9 Å². The Balaban J connectivity index is 3.40. The van der Waals surface area contributed by atoms with Crippen LogP contribution in [0.25, 0.3) is 0 Å². The zero-order chi connectivity index (χ0) is 50.0. The summed E-state index contributed by atoms with van der Waals surface area (Å²) in [5.41, 5.74) is 0. The highest BCUT2D eigenvalue weighted by molar-refractivity contribution is 5.76. The molecule has 0 saturated heterocycles. The van der Waals surface area contributed by atoms with Crippen LogP contribution in [-0.2, 0) is 14.3 Å². The molecule has 0 fully saturated rings. The van der Waals surface area contributed by atoms with Crippen molar-refractivity contribution in [2.75, 3.05) is 13.2 Å². The largest absolute Gasteiger partial charge is 0.466 e. The molecule has 2 atom stereocenters. The molecule has 3 N–H and O–H groups in total. The van der Waals surface area contributed by atoms with Gasteiger partial charge in [-0.1, -0.05) is 301 Å². The molecule has 0 aliphatic carbocycles. The van der Waals surface area contributed by atoms with Gasteiger partial charge in [0.05, 0.1) is 25.4 Å². The molecule has 0 heterocycles. The first-order valence-electron chi connectivity index (χ1n) is 31.1. The molecule has 0 saturated carbocycles. The fourth-order valence-corrected chi connectivity index (χ4v) is 9.74. The maximum absolute atomic E-state index is 12.5. The molecule has 6 nitrogen and oxygen atoms in total. The molecule has 408 valence electrons. The summed E-state index contributed by atoms with van der Waals surface area (Å²) >= 11 is 0. The van der Waals surface area contributed by atoms with E-state index in [9.17, 15) is 19.8 Å². The number of aliphatic hydroxyl groups is 2. The highest BCUT2D eigenvalue weighted by Crippen LogP contribution is 2.18. The maximum Gasteiger partial charge on any atom is 0.305 e. The van der Waals surface area contributed by atoms with Gasteiger partial charge in [0.2, 0.25) is 5.91 Å². The summed E-state index contributed by atoms with van der Waals surface area (Å²) < 4.78 is 5.47. The van der Waals surface area contributed by atoms with Gasteiger partial charge in [-0.3, -0.25) is 9.59 Å². The Morgan fingerprint density at radius 2 is 0.754 bits per heavy atom. The van der Waals surface area contributed by atoms with Gasteiger partial charge in [0, 0.05) is 12.8 Å². The second-order valence-electron chi connectivity index (χ2n) is 21.4. The van der Waals surface area contributed by atoms with Crippen molar-refractivity contribution < 1.29 is 24.5 Å². The number of rotatable bonds is 58. The van der Waals surface area contributed by atoms with E-state index in [1.165, 1.54) is 257 Å². The van der Waals surface area contributed by atoms with Crippen LogP contribution < -0.4 is 5.32 Å². The lowest BCUT2D eigenvalue weighted by atomic mass is 10.0. The summed E-state index contributed by atoms with van der Waals surface area (Å²) in [4.78, 5) is 24.5. The van der Waals surface area contributed by atoms with Gasteiger partial charge in [-0.05, 0) is 51.4 Å². The van der Waals surface area contributed by atoms with Crippen LogP contribution in [0.15, 0.2) is 24.3 Å². The number of unbranched alkanes of at least 4 members (excludes halogenated alkanes) is 43. The number of hydrogen-bond donors (Lipinski definition) is 3. The number of nitrogens with one attached hydrogen (secondary N) is 1. The molecule has 0 rings (SSSR count). The Hall–Kier alpha value is -1.66. The van der Waals surface area contributed by atoms with Gasteiger partial charge in [0.15, 0.2) is 0 Å². The summed E-state index contributed by atoms with van der Waals surface area (Å²) in [5.74, 6) is -0.0382. The number of hydrogen-bond acceptors (Lipinski definition) is 5. The lowest BCUT2D eigenvalue weighted by Gasteiger charge is -2.22. The summed E-state index contributed by atoms with van der Waals surface area (Å²) in [5, 5.41) is 23.4. The number of aliphatic hydroxyl groups excluding tert-OH is 2. The Morgan fingerprint density at radius 3 is 1.16 bits per heavy atom. The van der Waals surface area contributed by atoms with Gasteiger partial charge >= 0.3 is 5.97 Å². The van der Waals surface area contributed by atoms with E-state index in [1.54, 1.807) is 0 Å². The van der Waals surface area contributed by atoms with Crippen LogP contribution in [0, 0.1) is 0 Å². The molecule has 0 aromatic carbocycles. The van der Waals surface area contributed by atoms with Crippen LogP contribution in [0.2, 0.25) is 0 Å². The molecule has 0 aromatic heterocycles. The van der Waals surface area contributed by atoms with E-state index in [4.69, 9.17) is 4.74 Å². The first kappa shape index (κ1) is 67.3. The number of esters is 1. The smallest absolute Gasteiger partial charge is 0.305 e. The van der Waals surface area contributed by atoms with Gasteiger partial charge in [0.25, 0.3) is 0 Å². The fourth-order valence-electron chi connectivity index (χ4n) is 9.74. The molecule has 2 unspecified atom stereocenters. The molecule has 0 radical (unpaired) electrons. The zero-order valence-electron chi connectivity index (χ0n) is 46.6. The van der Waals surface area contributed by atoms with Crippen LogP contribution in [0.4, 0.5) is 0 Å². The van der Waals surface area contributed by atoms with Crippen molar-refractivity contribution >= 4 is 11.9 Å². The van der Waals surface area contributed by atoms with Crippen LogP contribution in [-0.4, -0.2) is 47.4 Å². The van der Waals surface area contributed by atoms with E-state index in [1.807, 2.05) is 0 Å². The van der Waals surface area contributed by atoms with Crippen LogP contribution in [0.5, 0.6) is 0 Å². The van der Waals surface area contributed by atoms with Gasteiger partial charge in [-0.25, -0.2) is 0 Å². The van der Waals surface area contributed by atoms with Crippen molar-refractivity contribution in [1.29, 1.82) is 0 Å². The molecule has 0 aliphatic heterocycles. The quantitative estimate of drug-likeness (QED) is 0.0321. The fraction of sp³-hybridized carbons (Fsp3) is 0.905. The standard InChI is InChI=1S/C63H121NO5/c1-3-5-7-9-11-13-15-17-18-19-22-25-28-32-35-39-43-47-51-55-61(66)60(59-65)64-62(67)56-52-48-44-40-36-33-29-26-23-20-21-24-27-30-34-38-42-46-50-54-58-69-63(68)57-53-49-45-41-37-31-16-14-12-10-8-6-4-2/h8,10,14,16,60-61,65-66H,3-7,9,11-13,15,17-59H2,1-2H3,(H,64,67)/b10-8-,16-14-. The summed E-state index contributed by atoms with van der Waals surface area (Å²) in [6.45, 7) is 4.90. The van der Waals surface area contributed by atoms with Crippen LogP contribution in [0.1, 0.15) is 341 Å². The average Bonchev–Trinajstić information content (AvgIpc) is 3.35. The van der Waals surface area contributed by atoms with Gasteiger partial charge in [-0.2, -0.15) is 0 Å². The van der Waals surface area contributed by atoms with E-state index in [0.717, 1.165) is 51.4 Å². The molecular weight excluding hydrogens is 851 g/mol. The van der Waals surface area contributed by atoms with E-state index in [-0.39, 0.29) is 18.5 Å². The Bertz CT molecular complexity index is 1080. The van der Waals surface area contributed by atoms with E-state index in [2.05, 4.69) is 43.5 Å². The second-order valence-corrected chi connectivity index (χ2v) is 21.4. The molecule has 0 aliphatic rings. The number of carbonyl (C=O) groups is 2. The number of amides is 1. The minimum atomic E-state index is -0.666. The van der Waals surface area contributed by atoms with E-state index < -0.39 is 12.1 Å². The van der Waals surface area contributed by atoms with Gasteiger partial charge in [-0.15, -0.1) is 0 Å². The molecule has 6 heteroatoms. The Labute approximate surface area is 431 Å². The van der Waals surface area contributed by atoms with Crippen LogP contribution >= 0.6 is 0 Å². The lowest BCUT2D eigenvalue weighted by Crippen LogP contribution is -2.45. The minimum Gasteiger partial charge on any atom is -0.466 e. The number of carbonyl (C=O) groups excluding carboxylic acids is 2. The van der Waals surface area contributed by atoms with Gasteiger partial charge < -0.3 is 20.3 Å². The molecule has 0 spiro atoms. The van der Waals surface area contributed by atoms with Crippen LogP contribution in [0.3, 0.4) is 0 Å². The monoisotopic (exact) mass is 972 g/mol. The summed E-state index contributed by atoms with van der Waals surface area (Å²) in [6.07, 6.45) is 71.8. The predicted molar refractivity (Wildman–Crippen MR) is 301 cm³/mol. The molecular formula is C63H121NO5. The lowest BCUT2D eigenvalue weighted by molar-refractivity contribution is -0.143. The summed E-state index contributed by atoms with van der Waals surface area (Å²) in [7, 11) is 0. The topological polar surface area (TPSA) is 95.9 Å². The van der Waals surface area contributed by atoms with E-state index >= 15 is 0 Å². The molecule has 1 amide bonds. The number of allylic oxidation sites excluding steroid dienone is 4. The van der Waals surface area contributed by atoms with Crippen molar-refractivity contribution in [3.63, 3.8) is 0 Å². The minimum absolute atomic E-state index is 0.00421.